The highest BCUT2D eigenvalue weighted by atomic mass is 16.5. The number of carbonyl (C=O) groups is 1. The van der Waals surface area contributed by atoms with Crippen molar-refractivity contribution in [2.45, 2.75) is 26.9 Å². The maximum Gasteiger partial charge on any atom is 0.312 e. The topological polar surface area (TPSA) is 32.8 Å². The summed E-state index contributed by atoms with van der Waals surface area (Å²) in [5, 5.41) is 0. The van der Waals surface area contributed by atoms with E-state index in [1.165, 1.54) is 40.7 Å². The van der Waals surface area contributed by atoms with Crippen LogP contribution in [0.1, 0.15) is 22.3 Å². The van der Waals surface area contributed by atoms with Crippen molar-refractivity contribution in [1.29, 1.82) is 0 Å². The van der Waals surface area contributed by atoms with Gasteiger partial charge in [-0.2, -0.15) is 0 Å². The lowest BCUT2D eigenvalue weighted by atomic mass is 9.96. The van der Waals surface area contributed by atoms with Crippen LogP contribution in [-0.4, -0.2) is 26.2 Å². The van der Waals surface area contributed by atoms with Crippen molar-refractivity contribution >= 4 is 17.3 Å². The first-order valence-electron chi connectivity index (χ1n) is 8.82. The minimum absolute atomic E-state index is 0.124. The van der Waals surface area contributed by atoms with Crippen LogP contribution in [0.2, 0.25) is 0 Å². The molecule has 0 spiro atoms. The van der Waals surface area contributed by atoms with Gasteiger partial charge in [0.1, 0.15) is 0 Å². The number of carbonyl (C=O) groups excluding carboxylic acids is 1. The van der Waals surface area contributed by atoms with E-state index in [9.17, 15) is 4.79 Å². The number of methoxy groups -OCH3 is 1. The van der Waals surface area contributed by atoms with E-state index >= 15 is 0 Å². The first kappa shape index (κ1) is 16.0. The average molecular weight is 336 g/mol. The SMILES string of the molecule is COC(=O)C1CN2Cc3cc(C)ccc3N(Cc3cc(C)ccc32)C1. The van der Waals surface area contributed by atoms with Crippen molar-refractivity contribution in [3.63, 3.8) is 0 Å². The molecular formula is C21H24N2O2. The summed E-state index contributed by atoms with van der Waals surface area (Å²) in [4.78, 5) is 17.0. The van der Waals surface area contributed by atoms with Crippen LogP contribution in [0.5, 0.6) is 0 Å². The van der Waals surface area contributed by atoms with E-state index in [1.807, 2.05) is 0 Å². The molecule has 0 radical (unpaired) electrons. The number of rotatable bonds is 1. The molecule has 0 saturated carbocycles. The molecule has 4 nitrogen and oxygen atoms in total. The summed E-state index contributed by atoms with van der Waals surface area (Å²) in [6.45, 7) is 7.27. The summed E-state index contributed by atoms with van der Waals surface area (Å²) < 4.78 is 5.07. The Kier molecular flexibility index (Phi) is 3.91. The Balaban J connectivity index is 1.86. The third kappa shape index (κ3) is 2.86. The Morgan fingerprint density at radius 1 is 0.920 bits per heavy atom. The minimum Gasteiger partial charge on any atom is -0.469 e. The van der Waals surface area contributed by atoms with E-state index in [1.54, 1.807) is 0 Å². The van der Waals surface area contributed by atoms with Crippen LogP contribution in [0.4, 0.5) is 11.4 Å². The van der Waals surface area contributed by atoms with Crippen molar-refractivity contribution in [2.75, 3.05) is 30.0 Å². The second-order valence-corrected chi connectivity index (χ2v) is 7.25. The summed E-state index contributed by atoms with van der Waals surface area (Å²) >= 11 is 0. The number of fused-ring (bicyclic) bond motifs is 2. The normalized spacial score (nSPS) is 16.6. The van der Waals surface area contributed by atoms with Gasteiger partial charge < -0.3 is 14.5 Å². The molecule has 2 bridgehead atoms. The lowest BCUT2D eigenvalue weighted by Gasteiger charge is -2.42. The molecule has 0 aromatic heterocycles. The van der Waals surface area contributed by atoms with E-state index in [-0.39, 0.29) is 11.9 Å². The number of ether oxygens (including phenoxy) is 1. The Hall–Kier alpha value is -2.49. The van der Waals surface area contributed by atoms with Gasteiger partial charge in [-0.1, -0.05) is 35.4 Å². The molecule has 2 aromatic rings. The molecule has 25 heavy (non-hydrogen) atoms. The van der Waals surface area contributed by atoms with Gasteiger partial charge in [0.15, 0.2) is 0 Å². The van der Waals surface area contributed by atoms with Gasteiger partial charge in [0.2, 0.25) is 0 Å². The Bertz CT molecular complexity index is 769. The standard InChI is InChI=1S/C21H24N2O2/c1-14-4-6-19-16(8-14)10-22-12-18(21(24)25-3)13-23(19)11-17-9-15(2)5-7-20(17)22/h4-9,18H,10-13H2,1-3H3. The van der Waals surface area contributed by atoms with Gasteiger partial charge in [0.25, 0.3) is 0 Å². The number of anilines is 2. The Morgan fingerprint density at radius 2 is 1.40 bits per heavy atom. The molecule has 4 heteroatoms. The molecule has 5 rings (SSSR count). The van der Waals surface area contributed by atoms with E-state index in [0.717, 1.165) is 13.1 Å². The number of esters is 1. The van der Waals surface area contributed by atoms with Crippen LogP contribution >= 0.6 is 0 Å². The van der Waals surface area contributed by atoms with Crippen LogP contribution in [0.3, 0.4) is 0 Å². The molecular weight excluding hydrogens is 312 g/mol. The van der Waals surface area contributed by atoms with Gasteiger partial charge in [-0.05, 0) is 37.1 Å². The number of hydrogen-bond donors (Lipinski definition) is 0. The second kappa shape index (κ2) is 6.10. The van der Waals surface area contributed by atoms with Crippen molar-refractivity contribution in [3.05, 3.63) is 58.7 Å². The van der Waals surface area contributed by atoms with Gasteiger partial charge in [0.05, 0.1) is 13.0 Å². The molecule has 2 aromatic carbocycles. The van der Waals surface area contributed by atoms with Gasteiger partial charge in [-0.25, -0.2) is 0 Å². The monoisotopic (exact) mass is 336 g/mol. The summed E-state index contributed by atoms with van der Waals surface area (Å²) in [5.74, 6) is -0.268. The van der Waals surface area contributed by atoms with Crippen LogP contribution in [0.25, 0.3) is 0 Å². The van der Waals surface area contributed by atoms with Crippen molar-refractivity contribution < 1.29 is 9.53 Å². The van der Waals surface area contributed by atoms with Crippen LogP contribution < -0.4 is 9.80 Å². The van der Waals surface area contributed by atoms with Crippen molar-refractivity contribution in [2.24, 2.45) is 5.92 Å². The maximum absolute atomic E-state index is 12.3. The predicted molar refractivity (Wildman–Crippen MR) is 100.0 cm³/mol. The third-order valence-corrected chi connectivity index (χ3v) is 5.29. The van der Waals surface area contributed by atoms with E-state index in [0.29, 0.717) is 13.1 Å². The molecule has 3 aliphatic rings. The fourth-order valence-corrected chi connectivity index (χ4v) is 4.11. The quantitative estimate of drug-likeness (QED) is 0.747. The summed E-state index contributed by atoms with van der Waals surface area (Å²) in [6.07, 6.45) is 0. The summed E-state index contributed by atoms with van der Waals surface area (Å²) in [6, 6.07) is 13.2. The maximum atomic E-state index is 12.3. The molecule has 130 valence electrons. The first-order valence-corrected chi connectivity index (χ1v) is 8.82. The van der Waals surface area contributed by atoms with Crippen molar-refractivity contribution in [1.82, 2.24) is 0 Å². The zero-order valence-electron chi connectivity index (χ0n) is 15.1. The van der Waals surface area contributed by atoms with Gasteiger partial charge in [0, 0.05) is 37.6 Å². The highest BCUT2D eigenvalue weighted by Gasteiger charge is 2.33. The van der Waals surface area contributed by atoms with Gasteiger partial charge >= 0.3 is 5.97 Å². The predicted octanol–water partition coefficient (Wildman–Crippen LogP) is 3.43. The Labute approximate surface area is 149 Å². The average Bonchev–Trinajstić information content (AvgIpc) is 2.56. The third-order valence-electron chi connectivity index (χ3n) is 5.29. The smallest absolute Gasteiger partial charge is 0.312 e. The van der Waals surface area contributed by atoms with E-state index in [2.05, 4.69) is 60.0 Å². The van der Waals surface area contributed by atoms with Crippen LogP contribution in [-0.2, 0) is 22.6 Å². The fraction of sp³-hybridized carbons (Fsp3) is 0.381. The number of aryl methyl sites for hydroxylation is 2. The number of benzene rings is 2. The molecule has 0 unspecified atom stereocenters. The summed E-state index contributed by atoms with van der Waals surface area (Å²) in [5.41, 5.74) is 7.67. The molecule has 0 fully saturated rings. The number of nitrogens with zero attached hydrogens (tertiary/aromatic N) is 2. The lowest BCUT2D eigenvalue weighted by molar-refractivity contribution is -0.144. The minimum atomic E-state index is -0.145. The number of hydrogen-bond acceptors (Lipinski definition) is 4. The molecule has 3 aliphatic heterocycles. The molecule has 0 amide bonds. The Morgan fingerprint density at radius 3 is 1.84 bits per heavy atom. The molecule has 0 N–H and O–H groups in total. The van der Waals surface area contributed by atoms with Gasteiger partial charge in [-0.15, -0.1) is 0 Å². The van der Waals surface area contributed by atoms with E-state index in [4.69, 9.17) is 4.74 Å². The van der Waals surface area contributed by atoms with Crippen molar-refractivity contribution in [3.8, 4) is 0 Å². The first-order chi connectivity index (χ1) is 12.0. The lowest BCUT2D eigenvalue weighted by Crippen LogP contribution is -2.46. The fourth-order valence-electron chi connectivity index (χ4n) is 4.11. The highest BCUT2D eigenvalue weighted by molar-refractivity contribution is 5.76. The zero-order chi connectivity index (χ0) is 17.6. The summed E-state index contributed by atoms with van der Waals surface area (Å²) in [7, 11) is 1.48. The zero-order valence-corrected chi connectivity index (χ0v) is 15.1. The second-order valence-electron chi connectivity index (χ2n) is 7.25. The molecule has 3 heterocycles. The molecule has 0 atom stereocenters. The van der Waals surface area contributed by atoms with Crippen LogP contribution in [0, 0.1) is 19.8 Å². The van der Waals surface area contributed by atoms with Crippen LogP contribution in [0.15, 0.2) is 36.4 Å². The molecule has 0 aliphatic carbocycles. The van der Waals surface area contributed by atoms with E-state index < -0.39 is 0 Å². The highest BCUT2D eigenvalue weighted by Crippen LogP contribution is 2.36. The molecule has 0 saturated heterocycles. The largest absolute Gasteiger partial charge is 0.469 e. The van der Waals surface area contributed by atoms with Gasteiger partial charge in [-0.3, -0.25) is 4.79 Å².